The molecule has 0 radical (unpaired) electrons. The van der Waals surface area contributed by atoms with Crippen molar-refractivity contribution >= 4 is 30.2 Å². The number of benzene rings is 1. The molecule has 14 heavy (non-hydrogen) atoms. The number of alkyl halides is 3. The van der Waals surface area contributed by atoms with Crippen molar-refractivity contribution in [2.75, 3.05) is 0 Å². The molecule has 0 aliphatic heterocycles. The summed E-state index contributed by atoms with van der Waals surface area (Å²) in [6.07, 6.45) is -4.69. The third-order valence-corrected chi connectivity index (χ3v) is 5.80. The molecule has 1 rings (SSSR count). The normalized spacial score (nSPS) is 11.8. The van der Waals surface area contributed by atoms with Crippen LogP contribution in [0.15, 0.2) is 18.2 Å². The molecule has 80 valence electrons. The Morgan fingerprint density at radius 3 is 2.43 bits per heavy atom. The summed E-state index contributed by atoms with van der Waals surface area (Å²) in [7, 11) is 0. The molecule has 0 saturated carbocycles. The molecular formula is C7H3ClF3I2O-. The Kier molecular flexibility index (Phi) is 4.56. The summed E-state index contributed by atoms with van der Waals surface area (Å²) in [5.74, 6) is -0.350. The van der Waals surface area contributed by atoms with Gasteiger partial charge in [-0.1, -0.05) is 0 Å². The first-order chi connectivity index (χ1) is 6.42. The first kappa shape index (κ1) is 12.6. The molecule has 1 nitrogen and oxygen atoms in total. The molecule has 0 bridgehead atoms. The average molecular weight is 449 g/mol. The van der Waals surface area contributed by atoms with Crippen LogP contribution in [-0.4, -0.2) is 6.36 Å². The van der Waals surface area contributed by atoms with Gasteiger partial charge in [0.1, 0.15) is 0 Å². The van der Waals surface area contributed by atoms with Gasteiger partial charge in [0.2, 0.25) is 0 Å². The van der Waals surface area contributed by atoms with Gasteiger partial charge < -0.3 is 0 Å². The zero-order valence-corrected chi connectivity index (χ0v) is 11.5. The monoisotopic (exact) mass is 449 g/mol. The molecule has 0 saturated heterocycles. The van der Waals surface area contributed by atoms with Crippen molar-refractivity contribution in [2.45, 2.75) is 6.36 Å². The fourth-order valence-electron chi connectivity index (χ4n) is 0.727. The standard InChI is InChI=1S/C7H3ClF3I2O/c8-5-3-4(13-12)1-2-6(5)14-7(9,10)11/h1-3H/q-1. The maximum atomic E-state index is 11.8. The summed E-state index contributed by atoms with van der Waals surface area (Å²) in [5.41, 5.74) is 0. The molecule has 0 aromatic heterocycles. The van der Waals surface area contributed by atoms with Gasteiger partial charge in [-0.3, -0.25) is 0 Å². The van der Waals surface area contributed by atoms with E-state index in [2.05, 4.69) is 23.4 Å². The van der Waals surface area contributed by atoms with Crippen LogP contribution >= 0.6 is 30.2 Å². The van der Waals surface area contributed by atoms with Crippen LogP contribution in [0.4, 0.5) is 13.2 Å². The van der Waals surface area contributed by atoms with Crippen molar-refractivity contribution in [3.63, 3.8) is 0 Å². The molecule has 1 aromatic carbocycles. The van der Waals surface area contributed by atoms with E-state index in [-0.39, 0.29) is 28.0 Å². The van der Waals surface area contributed by atoms with Crippen LogP contribution in [0.25, 0.3) is 0 Å². The molecule has 0 spiro atoms. The van der Waals surface area contributed by atoms with Crippen molar-refractivity contribution in [2.24, 2.45) is 0 Å². The van der Waals surface area contributed by atoms with Crippen LogP contribution in [-0.2, 0) is 0 Å². The average Bonchev–Trinajstić information content (AvgIpc) is 2.06. The van der Waals surface area contributed by atoms with Crippen LogP contribution in [0.3, 0.4) is 0 Å². The minimum atomic E-state index is -4.69. The zero-order valence-electron chi connectivity index (χ0n) is 6.41. The number of halogens is 6. The molecule has 0 heterocycles. The van der Waals surface area contributed by atoms with E-state index >= 15 is 0 Å². The second-order valence-electron chi connectivity index (χ2n) is 2.19. The Bertz CT molecular complexity index is 329. The molecule has 0 aliphatic rings. The van der Waals surface area contributed by atoms with Gasteiger partial charge in [-0.05, 0) is 0 Å². The van der Waals surface area contributed by atoms with Crippen LogP contribution in [0, 0.1) is 3.57 Å². The van der Waals surface area contributed by atoms with Crippen LogP contribution in [0.1, 0.15) is 0 Å². The van der Waals surface area contributed by atoms with Crippen LogP contribution in [0.5, 0.6) is 5.75 Å². The van der Waals surface area contributed by atoms with Crippen molar-refractivity contribution in [3.8, 4) is 5.75 Å². The first-order valence-corrected chi connectivity index (χ1v) is 11.0. The quantitative estimate of drug-likeness (QED) is 0.609. The van der Waals surface area contributed by atoms with E-state index in [0.29, 0.717) is 0 Å². The van der Waals surface area contributed by atoms with Crippen LogP contribution < -0.4 is 22.0 Å². The Balaban J connectivity index is 2.89. The first-order valence-electron chi connectivity index (χ1n) is 3.23. The Labute approximate surface area is 103 Å². The molecular weight excluding hydrogens is 446 g/mol. The Morgan fingerprint density at radius 1 is 1.36 bits per heavy atom. The second-order valence-corrected chi connectivity index (χ2v) is 6.99. The third-order valence-electron chi connectivity index (χ3n) is 1.20. The van der Waals surface area contributed by atoms with Crippen molar-refractivity contribution in [1.29, 1.82) is 0 Å². The summed E-state index contributed by atoms with van der Waals surface area (Å²) >= 11 is 7.60. The number of hydrogen-bond donors (Lipinski definition) is 0. The predicted octanol–water partition coefficient (Wildman–Crippen LogP) is 0.847. The van der Waals surface area contributed by atoms with E-state index < -0.39 is 6.36 Å². The molecule has 0 aliphatic carbocycles. The minimum absolute atomic E-state index is 0.00353. The maximum absolute atomic E-state index is 11.8. The van der Waals surface area contributed by atoms with E-state index in [0.717, 1.165) is 3.57 Å². The summed E-state index contributed by atoms with van der Waals surface area (Å²) in [6.45, 7) is 0. The second kappa shape index (κ2) is 5.06. The molecule has 0 N–H and O–H groups in total. The van der Waals surface area contributed by atoms with Gasteiger partial charge in [0.05, 0.1) is 0 Å². The van der Waals surface area contributed by atoms with Gasteiger partial charge in [-0.15, -0.1) is 0 Å². The Morgan fingerprint density at radius 2 is 2.00 bits per heavy atom. The van der Waals surface area contributed by atoms with E-state index in [1.54, 1.807) is 6.07 Å². The molecule has 7 heteroatoms. The van der Waals surface area contributed by atoms with E-state index in [1.165, 1.54) is 12.1 Å². The van der Waals surface area contributed by atoms with Gasteiger partial charge >= 0.3 is 104 Å². The van der Waals surface area contributed by atoms with Gasteiger partial charge in [0.25, 0.3) is 0 Å². The van der Waals surface area contributed by atoms with Gasteiger partial charge in [0, 0.05) is 0 Å². The fraction of sp³-hybridized carbons (Fsp3) is 0.143. The van der Waals surface area contributed by atoms with Crippen LogP contribution in [0.2, 0.25) is 5.02 Å². The topological polar surface area (TPSA) is 9.23 Å². The van der Waals surface area contributed by atoms with Gasteiger partial charge in [0.15, 0.2) is 0 Å². The molecule has 0 unspecified atom stereocenters. The van der Waals surface area contributed by atoms with E-state index in [1.807, 2.05) is 0 Å². The third kappa shape index (κ3) is 3.97. The fourth-order valence-corrected chi connectivity index (χ4v) is 3.58. The molecule has 1 aromatic rings. The summed E-state index contributed by atoms with van der Waals surface area (Å²) < 4.78 is 40.2. The molecule has 0 fully saturated rings. The van der Waals surface area contributed by atoms with Crippen molar-refractivity contribution < 1.29 is 35.1 Å². The molecule has 0 amide bonds. The SMILES string of the molecule is FC(F)(F)Oc1ccc([I-]I)cc1Cl. The van der Waals surface area contributed by atoms with Gasteiger partial charge in [-0.2, -0.15) is 0 Å². The number of hydrogen-bond acceptors (Lipinski definition) is 1. The number of rotatable bonds is 2. The van der Waals surface area contributed by atoms with Crippen molar-refractivity contribution in [3.05, 3.63) is 26.8 Å². The zero-order chi connectivity index (χ0) is 10.8. The number of ether oxygens (including phenoxy) is 1. The molecule has 0 atom stereocenters. The summed E-state index contributed by atoms with van der Waals surface area (Å²) in [5, 5.41) is -0.00353. The summed E-state index contributed by atoms with van der Waals surface area (Å²) in [6, 6.07) is 4.33. The van der Waals surface area contributed by atoms with E-state index in [9.17, 15) is 13.2 Å². The Hall–Kier alpha value is 0.560. The van der Waals surface area contributed by atoms with Gasteiger partial charge in [-0.25, -0.2) is 0 Å². The van der Waals surface area contributed by atoms with Crippen molar-refractivity contribution in [1.82, 2.24) is 0 Å². The predicted molar refractivity (Wildman–Crippen MR) is 50.9 cm³/mol. The summed E-state index contributed by atoms with van der Waals surface area (Å²) in [4.78, 5) is 0. The van der Waals surface area contributed by atoms with E-state index in [4.69, 9.17) is 11.6 Å².